The highest BCUT2D eigenvalue weighted by Gasteiger charge is 2.22. The molecule has 10 heteroatoms. The number of esters is 2. The monoisotopic (exact) mass is 1390 g/mol. The van der Waals surface area contributed by atoms with Crippen LogP contribution in [-0.4, -0.2) is 70.0 Å². The van der Waals surface area contributed by atoms with E-state index in [0.29, 0.717) is 17.4 Å². The van der Waals surface area contributed by atoms with Gasteiger partial charge in [0.15, 0.2) is 6.10 Å². The van der Waals surface area contributed by atoms with Crippen LogP contribution < -0.4 is 4.89 Å². The highest BCUT2D eigenvalue weighted by Crippen LogP contribution is 2.38. The Balaban J connectivity index is 3.94. The predicted molar refractivity (Wildman–Crippen MR) is 425 cm³/mol. The van der Waals surface area contributed by atoms with Crippen LogP contribution >= 0.6 is 7.82 Å². The van der Waals surface area contributed by atoms with Gasteiger partial charge in [-0.2, -0.15) is 0 Å². The molecular formula is C88H156NO8P. The van der Waals surface area contributed by atoms with Crippen LogP contribution in [-0.2, 0) is 32.7 Å². The Hall–Kier alpha value is -3.59. The Morgan fingerprint density at radius 1 is 0.327 bits per heavy atom. The normalized spacial score (nSPS) is 13.7. The SMILES string of the molecule is CC/C=C\C/C=C\C/C=C\C/C=C\C/C=C\C/C=C\C/C=C\CCCCCCCCCCCCCCCCCCCCCC(=O)OC(COC(=O)CCCCCCCCCCCCCCCCCCCC/C=C\C/C=C\C/C=C\CCCCCCC)COP(=O)([O-])OCC[N+](C)(C)C. The van der Waals surface area contributed by atoms with Crippen LogP contribution in [0.15, 0.2) is 122 Å². The van der Waals surface area contributed by atoms with E-state index in [1.807, 2.05) is 21.1 Å². The van der Waals surface area contributed by atoms with Crippen molar-refractivity contribution in [1.82, 2.24) is 0 Å². The van der Waals surface area contributed by atoms with E-state index in [0.717, 1.165) is 96.3 Å². The van der Waals surface area contributed by atoms with Gasteiger partial charge in [0.1, 0.15) is 19.8 Å². The first-order valence-corrected chi connectivity index (χ1v) is 42.7. The fraction of sp³-hybridized carbons (Fsp3) is 0.750. The molecule has 0 bridgehead atoms. The van der Waals surface area contributed by atoms with Crippen molar-refractivity contribution in [3.63, 3.8) is 0 Å². The second-order valence-corrected chi connectivity index (χ2v) is 30.2. The lowest BCUT2D eigenvalue weighted by Crippen LogP contribution is -2.37. The summed E-state index contributed by atoms with van der Waals surface area (Å²) in [7, 11) is 1.18. The van der Waals surface area contributed by atoms with Crippen LogP contribution in [0.4, 0.5) is 0 Å². The molecule has 0 aromatic rings. The van der Waals surface area contributed by atoms with E-state index in [-0.39, 0.29) is 32.0 Å². The van der Waals surface area contributed by atoms with E-state index in [1.165, 1.54) is 244 Å². The molecule has 0 radical (unpaired) electrons. The summed E-state index contributed by atoms with van der Waals surface area (Å²) in [6.07, 6.45) is 112. The molecule has 0 spiro atoms. The van der Waals surface area contributed by atoms with Gasteiger partial charge in [0.2, 0.25) is 0 Å². The number of carbonyl (C=O) groups excluding carboxylic acids is 2. The maximum Gasteiger partial charge on any atom is 0.306 e. The van der Waals surface area contributed by atoms with E-state index in [9.17, 15) is 19.0 Å². The first kappa shape index (κ1) is 94.4. The highest BCUT2D eigenvalue weighted by atomic mass is 31.2. The number of allylic oxidation sites excluding steroid dienone is 20. The van der Waals surface area contributed by atoms with Crippen molar-refractivity contribution in [2.24, 2.45) is 0 Å². The Bertz CT molecular complexity index is 2070. The van der Waals surface area contributed by atoms with Crippen molar-refractivity contribution in [3.05, 3.63) is 122 Å². The van der Waals surface area contributed by atoms with Crippen molar-refractivity contribution >= 4 is 19.8 Å². The van der Waals surface area contributed by atoms with E-state index in [4.69, 9.17) is 18.5 Å². The maximum atomic E-state index is 12.9. The second-order valence-electron chi connectivity index (χ2n) is 28.8. The summed E-state index contributed by atoms with van der Waals surface area (Å²) >= 11 is 0. The van der Waals surface area contributed by atoms with Gasteiger partial charge in [-0.3, -0.25) is 14.2 Å². The van der Waals surface area contributed by atoms with Crippen molar-refractivity contribution in [2.45, 2.75) is 380 Å². The van der Waals surface area contributed by atoms with Gasteiger partial charge in [-0.15, -0.1) is 0 Å². The van der Waals surface area contributed by atoms with Crippen LogP contribution in [0.25, 0.3) is 0 Å². The van der Waals surface area contributed by atoms with E-state index in [2.05, 4.69) is 135 Å². The van der Waals surface area contributed by atoms with Crippen LogP contribution in [0.2, 0.25) is 0 Å². The number of quaternary nitrogens is 1. The zero-order chi connectivity index (χ0) is 71.1. The van der Waals surface area contributed by atoms with Crippen molar-refractivity contribution in [3.8, 4) is 0 Å². The summed E-state index contributed by atoms with van der Waals surface area (Å²) in [6.45, 7) is 4.16. The number of phosphoric ester groups is 1. The zero-order valence-corrected chi connectivity index (χ0v) is 65.6. The van der Waals surface area contributed by atoms with Gasteiger partial charge < -0.3 is 27.9 Å². The average molecular weight is 1390 g/mol. The summed E-state index contributed by atoms with van der Waals surface area (Å²) < 4.78 is 34.4. The lowest BCUT2D eigenvalue weighted by molar-refractivity contribution is -0.870. The Kier molecular flexibility index (Phi) is 74.7. The quantitative estimate of drug-likeness (QED) is 0.0195. The largest absolute Gasteiger partial charge is 0.756 e. The summed E-state index contributed by atoms with van der Waals surface area (Å²) in [5.41, 5.74) is 0. The number of unbranched alkanes of at least 4 members (excludes halogenated alkanes) is 42. The van der Waals surface area contributed by atoms with E-state index < -0.39 is 26.5 Å². The minimum Gasteiger partial charge on any atom is -0.756 e. The standard InChI is InChI=1S/C88H156NO8P/c1-6-8-10-12-14-16-18-20-22-24-26-28-30-32-34-36-38-40-41-42-43-44-45-46-47-49-51-53-55-57-59-61-63-65-67-69-71-73-75-77-79-81-88(91)97-86(85-96-98(92,93)95-83-82-89(3,4)5)84-94-87(90)80-78-76-74-72-70-68-66-64-62-60-58-56-54-52-50-48-39-37-35-33-31-29-27-25-23-21-19-17-15-13-11-9-7-2/h8,10,14,16,19-22,25-28,31-34,38,40,42-43,86H,6-7,9,11-13,15,17-18,23-24,29-30,35-37,39,41,44-85H2,1-5H3/b10-8-,16-14-,21-19-,22-20-,27-25-,28-26-,33-31-,34-32-,40-38-,43-42-. The molecule has 0 N–H and O–H groups in total. The molecule has 0 amide bonds. The minimum absolute atomic E-state index is 0.0321. The molecule has 0 aromatic carbocycles. The number of nitrogens with zero attached hydrogens (tertiary/aromatic N) is 1. The molecule has 2 atom stereocenters. The van der Waals surface area contributed by atoms with Gasteiger partial charge in [-0.05, 0) is 109 Å². The van der Waals surface area contributed by atoms with Crippen LogP contribution in [0.5, 0.6) is 0 Å². The molecular weight excluding hydrogens is 1230 g/mol. The number of likely N-dealkylation sites (N-methyl/N-ethyl adjacent to an activating group) is 1. The molecule has 0 aromatic heterocycles. The molecule has 98 heavy (non-hydrogen) atoms. The third-order valence-electron chi connectivity index (χ3n) is 18.0. The van der Waals surface area contributed by atoms with E-state index >= 15 is 0 Å². The van der Waals surface area contributed by atoms with Gasteiger partial charge in [0.25, 0.3) is 7.82 Å². The van der Waals surface area contributed by atoms with Crippen LogP contribution in [0, 0.1) is 0 Å². The third-order valence-corrected chi connectivity index (χ3v) is 18.9. The summed E-state index contributed by atoms with van der Waals surface area (Å²) in [5, 5.41) is 0. The van der Waals surface area contributed by atoms with Gasteiger partial charge in [0.05, 0.1) is 27.7 Å². The van der Waals surface area contributed by atoms with Crippen molar-refractivity contribution in [1.29, 1.82) is 0 Å². The van der Waals surface area contributed by atoms with Crippen molar-refractivity contribution in [2.75, 3.05) is 47.5 Å². The maximum absolute atomic E-state index is 12.9. The molecule has 0 rings (SSSR count). The predicted octanol–water partition coefficient (Wildman–Crippen LogP) is 27.1. The average Bonchev–Trinajstić information content (AvgIpc) is 1.08. The second kappa shape index (κ2) is 77.6. The molecule has 0 heterocycles. The summed E-state index contributed by atoms with van der Waals surface area (Å²) in [5.74, 6) is -0.819. The number of hydrogen-bond acceptors (Lipinski definition) is 8. The summed E-state index contributed by atoms with van der Waals surface area (Å²) in [4.78, 5) is 38.2. The number of phosphoric acid groups is 1. The molecule has 0 aliphatic carbocycles. The lowest BCUT2D eigenvalue weighted by Gasteiger charge is -2.28. The molecule has 0 saturated carbocycles. The zero-order valence-electron chi connectivity index (χ0n) is 64.7. The molecule has 566 valence electrons. The van der Waals surface area contributed by atoms with Crippen LogP contribution in [0.3, 0.4) is 0 Å². The Morgan fingerprint density at radius 3 is 0.867 bits per heavy atom. The van der Waals surface area contributed by atoms with Gasteiger partial charge in [-0.1, -0.05) is 373 Å². The fourth-order valence-electron chi connectivity index (χ4n) is 11.7. The van der Waals surface area contributed by atoms with Crippen LogP contribution in [0.1, 0.15) is 373 Å². The molecule has 0 saturated heterocycles. The third kappa shape index (κ3) is 81.4. The Labute approximate surface area is 607 Å². The van der Waals surface area contributed by atoms with Gasteiger partial charge in [0, 0.05) is 12.8 Å². The van der Waals surface area contributed by atoms with E-state index in [1.54, 1.807) is 0 Å². The first-order valence-electron chi connectivity index (χ1n) is 41.2. The van der Waals surface area contributed by atoms with Crippen molar-refractivity contribution < 1.29 is 42.1 Å². The van der Waals surface area contributed by atoms with Gasteiger partial charge in [-0.25, -0.2) is 0 Å². The number of carbonyl (C=O) groups is 2. The topological polar surface area (TPSA) is 111 Å². The number of rotatable bonds is 76. The smallest absolute Gasteiger partial charge is 0.306 e. The molecule has 0 aliphatic heterocycles. The number of ether oxygens (including phenoxy) is 2. The fourth-order valence-corrected chi connectivity index (χ4v) is 12.4. The first-order chi connectivity index (χ1) is 48.0. The number of hydrogen-bond donors (Lipinski definition) is 0. The molecule has 0 fully saturated rings. The molecule has 2 unspecified atom stereocenters. The minimum atomic E-state index is -4.65. The molecule has 9 nitrogen and oxygen atoms in total. The lowest BCUT2D eigenvalue weighted by atomic mass is 10.0. The highest BCUT2D eigenvalue weighted by molar-refractivity contribution is 7.45. The Morgan fingerprint density at radius 2 is 0.582 bits per heavy atom. The summed E-state index contributed by atoms with van der Waals surface area (Å²) in [6, 6.07) is 0. The van der Waals surface area contributed by atoms with Gasteiger partial charge >= 0.3 is 11.9 Å². The molecule has 0 aliphatic rings.